The highest BCUT2D eigenvalue weighted by Gasteiger charge is 2.53. The minimum absolute atomic E-state index is 0.0513. The molecule has 1 aromatic rings. The normalized spacial score (nSPS) is 29.8. The van der Waals surface area contributed by atoms with E-state index in [0.29, 0.717) is 28.6 Å². The van der Waals surface area contributed by atoms with Gasteiger partial charge in [0.2, 0.25) is 0 Å². The Morgan fingerprint density at radius 2 is 2.12 bits per heavy atom. The number of piperidine rings is 1. The largest absolute Gasteiger partial charge is 0.375 e. The predicted molar refractivity (Wildman–Crippen MR) is 65.4 cm³/mol. The van der Waals surface area contributed by atoms with Crippen molar-refractivity contribution in [3.8, 4) is 0 Å². The maximum atomic E-state index is 10.9. The van der Waals surface area contributed by atoms with Crippen LogP contribution in [0.1, 0.15) is 0 Å². The predicted octanol–water partition coefficient (Wildman–Crippen LogP) is 1.88. The van der Waals surface area contributed by atoms with E-state index in [1.54, 1.807) is 12.1 Å². The Morgan fingerprint density at radius 1 is 1.41 bits per heavy atom. The maximum Gasteiger partial charge on any atom is 0.293 e. The number of rotatable bonds is 3. The third kappa shape index (κ3) is 1.75. The highest BCUT2D eigenvalue weighted by molar-refractivity contribution is 6.33. The van der Waals surface area contributed by atoms with Gasteiger partial charge in [0.1, 0.15) is 5.69 Å². The van der Waals surface area contributed by atoms with Gasteiger partial charge in [0.25, 0.3) is 5.69 Å². The zero-order valence-electron chi connectivity index (χ0n) is 9.02. The summed E-state index contributed by atoms with van der Waals surface area (Å²) in [5.41, 5.74) is 0.508. The lowest BCUT2D eigenvalue weighted by Gasteiger charge is -2.10. The summed E-state index contributed by atoms with van der Waals surface area (Å²) in [7, 11) is 0. The number of benzene rings is 1. The summed E-state index contributed by atoms with van der Waals surface area (Å²) < 4.78 is 0. The first-order valence-corrected chi connectivity index (χ1v) is 5.96. The Morgan fingerprint density at radius 3 is 2.76 bits per heavy atom. The van der Waals surface area contributed by atoms with Gasteiger partial charge in [0, 0.05) is 25.2 Å². The number of fused-ring (bicyclic) bond motifs is 1. The number of nitro benzene ring substituents is 1. The van der Waals surface area contributed by atoms with E-state index < -0.39 is 4.92 Å². The molecule has 90 valence electrons. The van der Waals surface area contributed by atoms with Crippen LogP contribution in [-0.4, -0.2) is 24.1 Å². The molecule has 1 saturated heterocycles. The molecule has 1 aliphatic carbocycles. The molecule has 2 atom stereocenters. The molecule has 2 N–H and O–H groups in total. The fourth-order valence-corrected chi connectivity index (χ4v) is 2.83. The first-order valence-electron chi connectivity index (χ1n) is 5.58. The van der Waals surface area contributed by atoms with E-state index >= 15 is 0 Å². The Hall–Kier alpha value is -1.33. The van der Waals surface area contributed by atoms with E-state index in [1.807, 2.05) is 0 Å². The second-order valence-electron chi connectivity index (χ2n) is 4.55. The Kier molecular flexibility index (Phi) is 2.45. The molecule has 1 aliphatic heterocycles. The van der Waals surface area contributed by atoms with Crippen LogP contribution in [0, 0.1) is 22.0 Å². The van der Waals surface area contributed by atoms with E-state index in [9.17, 15) is 10.1 Å². The smallest absolute Gasteiger partial charge is 0.293 e. The lowest BCUT2D eigenvalue weighted by Crippen LogP contribution is -2.21. The van der Waals surface area contributed by atoms with E-state index in [2.05, 4.69) is 10.6 Å². The summed E-state index contributed by atoms with van der Waals surface area (Å²) in [5.74, 6) is 1.18. The summed E-state index contributed by atoms with van der Waals surface area (Å²) in [5, 5.41) is 17.8. The van der Waals surface area contributed by atoms with Crippen molar-refractivity contribution < 1.29 is 4.92 Å². The molecule has 0 bridgehead atoms. The molecule has 0 amide bonds. The second-order valence-corrected chi connectivity index (χ2v) is 4.95. The molecule has 0 aromatic heterocycles. The fourth-order valence-electron chi connectivity index (χ4n) is 2.61. The quantitative estimate of drug-likeness (QED) is 0.638. The molecule has 0 radical (unpaired) electrons. The van der Waals surface area contributed by atoms with Crippen molar-refractivity contribution in [3.63, 3.8) is 0 Å². The molecule has 2 unspecified atom stereocenters. The Labute approximate surface area is 103 Å². The van der Waals surface area contributed by atoms with Gasteiger partial charge in [-0.25, -0.2) is 0 Å². The average molecular weight is 254 g/mol. The van der Waals surface area contributed by atoms with Gasteiger partial charge in [-0.15, -0.1) is 0 Å². The first-order chi connectivity index (χ1) is 8.18. The van der Waals surface area contributed by atoms with Crippen molar-refractivity contribution in [2.45, 2.75) is 6.04 Å². The summed E-state index contributed by atoms with van der Waals surface area (Å²) in [6, 6.07) is 5.08. The maximum absolute atomic E-state index is 10.9. The topological polar surface area (TPSA) is 67.2 Å². The van der Waals surface area contributed by atoms with Crippen molar-refractivity contribution in [3.05, 3.63) is 33.3 Å². The highest BCUT2D eigenvalue weighted by Crippen LogP contribution is 2.46. The van der Waals surface area contributed by atoms with E-state index in [-0.39, 0.29) is 5.69 Å². The second kappa shape index (κ2) is 3.85. The molecule has 1 aromatic carbocycles. The standard InChI is InChI=1S/C11H12ClN3O2/c12-8-2-1-3-9(15(16)17)11(8)14-10-6-4-13-5-7(6)10/h1-3,6-7,10,13-14H,4-5H2. The fraction of sp³-hybridized carbons (Fsp3) is 0.455. The van der Waals surface area contributed by atoms with Crippen molar-refractivity contribution in [2.75, 3.05) is 18.4 Å². The SMILES string of the molecule is O=[N+]([O-])c1cccc(Cl)c1NC1C2CNCC21. The van der Waals surface area contributed by atoms with Crippen LogP contribution in [-0.2, 0) is 0 Å². The average Bonchev–Trinajstić information content (AvgIpc) is 2.74. The molecule has 2 fully saturated rings. The molecule has 2 aliphatic rings. The number of hydrogen-bond donors (Lipinski definition) is 2. The van der Waals surface area contributed by atoms with Gasteiger partial charge in [-0.2, -0.15) is 0 Å². The van der Waals surface area contributed by atoms with Gasteiger partial charge >= 0.3 is 0 Å². The van der Waals surface area contributed by atoms with Crippen molar-refractivity contribution in [1.82, 2.24) is 5.32 Å². The zero-order chi connectivity index (χ0) is 12.0. The Bertz CT molecular complexity index is 470. The van der Waals surface area contributed by atoms with Crippen LogP contribution in [0.2, 0.25) is 5.02 Å². The van der Waals surface area contributed by atoms with Crippen LogP contribution >= 0.6 is 11.6 Å². The van der Waals surface area contributed by atoms with Crippen molar-refractivity contribution in [2.24, 2.45) is 11.8 Å². The number of nitrogens with zero attached hydrogens (tertiary/aromatic N) is 1. The van der Waals surface area contributed by atoms with Gasteiger partial charge in [-0.3, -0.25) is 10.1 Å². The van der Waals surface area contributed by atoms with Crippen LogP contribution in [0.4, 0.5) is 11.4 Å². The minimum atomic E-state index is -0.398. The minimum Gasteiger partial charge on any atom is -0.375 e. The van der Waals surface area contributed by atoms with Gasteiger partial charge in [-0.1, -0.05) is 17.7 Å². The summed E-state index contributed by atoms with van der Waals surface area (Å²) in [4.78, 5) is 10.5. The molecule has 3 rings (SSSR count). The van der Waals surface area contributed by atoms with Crippen molar-refractivity contribution in [1.29, 1.82) is 0 Å². The zero-order valence-corrected chi connectivity index (χ0v) is 9.78. The number of nitrogens with one attached hydrogen (secondary N) is 2. The van der Waals surface area contributed by atoms with Gasteiger partial charge in [0.15, 0.2) is 0 Å². The van der Waals surface area contributed by atoms with Crippen LogP contribution < -0.4 is 10.6 Å². The number of hydrogen-bond acceptors (Lipinski definition) is 4. The van der Waals surface area contributed by atoms with E-state index in [4.69, 9.17) is 11.6 Å². The Balaban J connectivity index is 1.84. The van der Waals surface area contributed by atoms with Crippen LogP contribution in [0.15, 0.2) is 18.2 Å². The number of anilines is 1. The number of nitro groups is 1. The molecule has 6 heteroatoms. The lowest BCUT2D eigenvalue weighted by atomic mass is 10.2. The summed E-state index contributed by atoms with van der Waals surface area (Å²) in [6.07, 6.45) is 0. The van der Waals surface area contributed by atoms with Crippen LogP contribution in [0.25, 0.3) is 0 Å². The first kappa shape index (κ1) is 10.8. The van der Waals surface area contributed by atoms with Crippen LogP contribution in [0.3, 0.4) is 0 Å². The van der Waals surface area contributed by atoms with E-state index in [0.717, 1.165) is 13.1 Å². The van der Waals surface area contributed by atoms with Gasteiger partial charge in [-0.05, 0) is 17.9 Å². The summed E-state index contributed by atoms with van der Waals surface area (Å²) in [6.45, 7) is 1.97. The molecule has 17 heavy (non-hydrogen) atoms. The summed E-state index contributed by atoms with van der Waals surface area (Å²) >= 11 is 6.02. The number of halogens is 1. The molecule has 1 heterocycles. The molecular formula is C11H12ClN3O2. The number of para-hydroxylation sites is 1. The molecular weight excluding hydrogens is 242 g/mol. The molecule has 5 nitrogen and oxygen atoms in total. The third-order valence-electron chi connectivity index (χ3n) is 3.59. The highest BCUT2D eigenvalue weighted by atomic mass is 35.5. The van der Waals surface area contributed by atoms with Gasteiger partial charge in [0.05, 0.1) is 9.95 Å². The van der Waals surface area contributed by atoms with Crippen molar-refractivity contribution >= 4 is 23.0 Å². The van der Waals surface area contributed by atoms with Gasteiger partial charge < -0.3 is 10.6 Å². The molecule has 0 spiro atoms. The lowest BCUT2D eigenvalue weighted by molar-refractivity contribution is -0.384. The van der Waals surface area contributed by atoms with E-state index in [1.165, 1.54) is 6.07 Å². The third-order valence-corrected chi connectivity index (χ3v) is 3.91. The van der Waals surface area contributed by atoms with Crippen LogP contribution in [0.5, 0.6) is 0 Å². The molecule has 1 saturated carbocycles. The monoisotopic (exact) mass is 253 g/mol.